The van der Waals surface area contributed by atoms with Gasteiger partial charge in [-0.05, 0) is 30.2 Å². The van der Waals surface area contributed by atoms with Crippen molar-refractivity contribution < 1.29 is 17.3 Å². The largest absolute Gasteiger partial charge is 0.493 e. The number of rotatable bonds is 5. The van der Waals surface area contributed by atoms with E-state index in [1.54, 1.807) is 12.1 Å². The highest BCUT2D eigenvalue weighted by atomic mass is 32.2. The molecule has 2 aromatic carbocycles. The molecule has 0 radical (unpaired) electrons. The first-order valence-corrected chi connectivity index (χ1v) is 8.08. The lowest BCUT2D eigenvalue weighted by atomic mass is 10.1. The van der Waals surface area contributed by atoms with Crippen LogP contribution in [0.1, 0.15) is 16.7 Å². The van der Waals surface area contributed by atoms with Crippen LogP contribution in [-0.2, 0) is 15.9 Å². The number of aryl methyl sites for hydroxylation is 1. The number of hydrogen-bond donors (Lipinski definition) is 0. The Labute approximate surface area is 129 Å². The zero-order chi connectivity index (χ0) is 16.2. The van der Waals surface area contributed by atoms with Gasteiger partial charge in [0.05, 0.1) is 18.7 Å². The highest BCUT2D eigenvalue weighted by molar-refractivity contribution is 7.86. The topological polar surface area (TPSA) is 76.4 Å². The van der Waals surface area contributed by atoms with Crippen LogP contribution >= 0.6 is 0 Å². The Bertz CT molecular complexity index is 822. The van der Waals surface area contributed by atoms with Gasteiger partial charge < -0.3 is 8.92 Å². The zero-order valence-corrected chi connectivity index (χ0v) is 13.1. The van der Waals surface area contributed by atoms with Crippen molar-refractivity contribution >= 4 is 10.1 Å². The Kier molecular flexibility index (Phi) is 4.68. The quantitative estimate of drug-likeness (QED) is 0.793. The fourth-order valence-corrected chi connectivity index (χ4v) is 3.11. The van der Waals surface area contributed by atoms with E-state index in [1.807, 2.05) is 25.1 Å². The van der Waals surface area contributed by atoms with E-state index in [1.165, 1.54) is 25.3 Å². The van der Waals surface area contributed by atoms with Gasteiger partial charge in [-0.1, -0.05) is 24.3 Å². The molecule has 0 aliphatic heterocycles. The van der Waals surface area contributed by atoms with Gasteiger partial charge in [-0.3, -0.25) is 0 Å². The summed E-state index contributed by atoms with van der Waals surface area (Å²) in [6.45, 7) is 1.84. The summed E-state index contributed by atoms with van der Waals surface area (Å²) in [4.78, 5) is 0. The van der Waals surface area contributed by atoms with E-state index in [2.05, 4.69) is 0 Å². The summed E-state index contributed by atoms with van der Waals surface area (Å²) in [6.07, 6.45) is 0. The van der Waals surface area contributed by atoms with Crippen LogP contribution in [0.5, 0.6) is 11.5 Å². The molecular weight excluding hydrogens is 302 g/mol. The van der Waals surface area contributed by atoms with E-state index in [0.717, 1.165) is 5.56 Å². The highest BCUT2D eigenvalue weighted by Crippen LogP contribution is 2.29. The average molecular weight is 317 g/mol. The molecule has 0 aliphatic rings. The van der Waals surface area contributed by atoms with E-state index in [0.29, 0.717) is 11.1 Å². The highest BCUT2D eigenvalue weighted by Gasteiger charge is 2.18. The van der Waals surface area contributed by atoms with Gasteiger partial charge in [-0.2, -0.15) is 13.7 Å². The SMILES string of the molecule is COc1cc(C#N)ccc1OS(=O)(=O)Cc1ccccc1C. The third-order valence-corrected chi connectivity index (χ3v) is 4.20. The van der Waals surface area contributed by atoms with E-state index in [9.17, 15) is 8.42 Å². The molecule has 22 heavy (non-hydrogen) atoms. The van der Waals surface area contributed by atoms with Crippen molar-refractivity contribution in [3.8, 4) is 17.6 Å². The minimum Gasteiger partial charge on any atom is -0.493 e. The number of nitriles is 1. The average Bonchev–Trinajstić information content (AvgIpc) is 2.49. The molecule has 2 aromatic rings. The second-order valence-electron chi connectivity index (χ2n) is 4.69. The second kappa shape index (κ2) is 6.50. The first-order chi connectivity index (χ1) is 10.4. The molecule has 114 valence electrons. The second-order valence-corrected chi connectivity index (χ2v) is 6.26. The van der Waals surface area contributed by atoms with E-state index < -0.39 is 10.1 Å². The van der Waals surface area contributed by atoms with Crippen molar-refractivity contribution in [3.63, 3.8) is 0 Å². The standard InChI is InChI=1S/C16H15NO4S/c1-12-5-3-4-6-14(12)11-22(18,19)21-15-8-7-13(10-17)9-16(15)20-2/h3-9H,11H2,1-2H3. The number of hydrogen-bond acceptors (Lipinski definition) is 5. The summed E-state index contributed by atoms with van der Waals surface area (Å²) >= 11 is 0. The Morgan fingerprint density at radius 1 is 1.14 bits per heavy atom. The van der Waals surface area contributed by atoms with Gasteiger partial charge in [0.1, 0.15) is 5.75 Å². The Hall–Kier alpha value is -2.52. The molecule has 0 aromatic heterocycles. The predicted octanol–water partition coefficient (Wildman–Crippen LogP) is 2.78. The maximum absolute atomic E-state index is 12.2. The smallest absolute Gasteiger partial charge is 0.313 e. The number of nitrogens with zero attached hydrogens (tertiary/aromatic N) is 1. The lowest BCUT2D eigenvalue weighted by molar-refractivity contribution is 0.390. The summed E-state index contributed by atoms with van der Waals surface area (Å²) in [7, 11) is -2.44. The zero-order valence-electron chi connectivity index (χ0n) is 12.2. The van der Waals surface area contributed by atoms with Crippen LogP contribution in [0.4, 0.5) is 0 Å². The van der Waals surface area contributed by atoms with Crippen LogP contribution in [0.2, 0.25) is 0 Å². The lowest BCUT2D eigenvalue weighted by Crippen LogP contribution is -2.13. The Balaban J connectivity index is 2.26. The molecule has 0 bridgehead atoms. The molecule has 0 amide bonds. The van der Waals surface area contributed by atoms with Crippen LogP contribution < -0.4 is 8.92 Å². The molecule has 5 nitrogen and oxygen atoms in total. The van der Waals surface area contributed by atoms with Crippen molar-refractivity contribution in [1.82, 2.24) is 0 Å². The van der Waals surface area contributed by atoms with Gasteiger partial charge >= 0.3 is 10.1 Å². The summed E-state index contributed by atoms with van der Waals surface area (Å²) in [5, 5.41) is 8.84. The molecule has 0 aliphatic carbocycles. The van der Waals surface area contributed by atoms with Crippen molar-refractivity contribution in [3.05, 3.63) is 59.2 Å². The maximum Gasteiger partial charge on any atom is 0.313 e. The summed E-state index contributed by atoms with van der Waals surface area (Å²) in [5.74, 6) is 0.0329. The number of ether oxygens (including phenoxy) is 1. The molecule has 6 heteroatoms. The fourth-order valence-electron chi connectivity index (χ4n) is 1.93. The third kappa shape index (κ3) is 3.77. The van der Waals surface area contributed by atoms with Crippen LogP contribution in [0.25, 0.3) is 0 Å². The third-order valence-electron chi connectivity index (χ3n) is 3.10. The fraction of sp³-hybridized carbons (Fsp3) is 0.188. The van der Waals surface area contributed by atoms with Gasteiger partial charge in [0, 0.05) is 6.07 Å². The van der Waals surface area contributed by atoms with E-state index in [4.69, 9.17) is 14.2 Å². The lowest BCUT2D eigenvalue weighted by Gasteiger charge is -2.11. The van der Waals surface area contributed by atoms with Crippen molar-refractivity contribution in [2.24, 2.45) is 0 Å². The summed E-state index contributed by atoms with van der Waals surface area (Å²) < 4.78 is 34.6. The summed E-state index contributed by atoms with van der Waals surface area (Å²) in [5.41, 5.74) is 1.91. The molecular formula is C16H15NO4S. The molecule has 0 saturated carbocycles. The first-order valence-electron chi connectivity index (χ1n) is 6.50. The monoisotopic (exact) mass is 317 g/mol. The molecule has 0 spiro atoms. The molecule has 0 heterocycles. The van der Waals surface area contributed by atoms with Crippen LogP contribution in [0.3, 0.4) is 0 Å². The molecule has 0 fully saturated rings. The molecule has 0 unspecified atom stereocenters. The van der Waals surface area contributed by atoms with E-state index in [-0.39, 0.29) is 17.3 Å². The Morgan fingerprint density at radius 3 is 2.50 bits per heavy atom. The van der Waals surface area contributed by atoms with E-state index >= 15 is 0 Å². The normalized spacial score (nSPS) is 10.8. The van der Waals surface area contributed by atoms with Crippen LogP contribution in [0, 0.1) is 18.3 Å². The van der Waals surface area contributed by atoms with Gasteiger partial charge in [0.15, 0.2) is 11.5 Å². The molecule has 0 N–H and O–H groups in total. The van der Waals surface area contributed by atoms with Crippen LogP contribution in [0.15, 0.2) is 42.5 Å². The van der Waals surface area contributed by atoms with Crippen molar-refractivity contribution in [2.45, 2.75) is 12.7 Å². The van der Waals surface area contributed by atoms with Gasteiger partial charge in [0.25, 0.3) is 0 Å². The van der Waals surface area contributed by atoms with Gasteiger partial charge in [-0.25, -0.2) is 0 Å². The maximum atomic E-state index is 12.2. The Morgan fingerprint density at radius 2 is 1.86 bits per heavy atom. The summed E-state index contributed by atoms with van der Waals surface area (Å²) in [6, 6.07) is 13.5. The number of methoxy groups -OCH3 is 1. The van der Waals surface area contributed by atoms with Crippen molar-refractivity contribution in [1.29, 1.82) is 5.26 Å². The van der Waals surface area contributed by atoms with Gasteiger partial charge in [0.2, 0.25) is 0 Å². The molecule has 0 atom stereocenters. The first kappa shape index (κ1) is 15.9. The van der Waals surface area contributed by atoms with Crippen molar-refractivity contribution in [2.75, 3.05) is 7.11 Å². The van der Waals surface area contributed by atoms with Crippen LogP contribution in [-0.4, -0.2) is 15.5 Å². The number of benzene rings is 2. The van der Waals surface area contributed by atoms with Gasteiger partial charge in [-0.15, -0.1) is 0 Å². The predicted molar refractivity (Wildman–Crippen MR) is 82.1 cm³/mol. The molecule has 2 rings (SSSR count). The minimum absolute atomic E-state index is 0.0649. The molecule has 0 saturated heterocycles. The minimum atomic E-state index is -3.83.